The molecule has 0 aromatic carbocycles. The molecule has 27 heavy (non-hydrogen) atoms. The Bertz CT molecular complexity index is 801. The molecule has 2 aromatic rings. The number of rotatable bonds is 6. The van der Waals surface area contributed by atoms with Gasteiger partial charge in [-0.05, 0) is 31.7 Å². The molecule has 8 nitrogen and oxygen atoms in total. The van der Waals surface area contributed by atoms with Crippen molar-refractivity contribution in [3.05, 3.63) is 35.5 Å². The maximum atomic E-state index is 12.3. The van der Waals surface area contributed by atoms with Gasteiger partial charge in [0.05, 0.1) is 6.10 Å². The highest BCUT2D eigenvalue weighted by molar-refractivity contribution is 5.92. The Morgan fingerprint density at radius 1 is 1.37 bits per heavy atom. The number of H-pyrrole nitrogens is 1. The predicted octanol–water partition coefficient (Wildman–Crippen LogP) is 1.40. The number of nitrogens with zero attached hydrogens (tertiary/aromatic N) is 4. The third-order valence-corrected chi connectivity index (χ3v) is 5.44. The molecular formula is C19H26N6O2. The number of carbonyl (C=O) groups is 1. The molecule has 3 heterocycles. The molecule has 4 rings (SSSR count). The molecule has 2 aliphatic rings. The Kier molecular flexibility index (Phi) is 5.07. The summed E-state index contributed by atoms with van der Waals surface area (Å²) in [4.78, 5) is 23.2. The fourth-order valence-electron chi connectivity index (χ4n) is 3.82. The van der Waals surface area contributed by atoms with E-state index in [0.717, 1.165) is 55.9 Å². The van der Waals surface area contributed by atoms with Crippen molar-refractivity contribution < 1.29 is 9.90 Å². The van der Waals surface area contributed by atoms with Gasteiger partial charge in [0.15, 0.2) is 0 Å². The number of aromatic amines is 1. The van der Waals surface area contributed by atoms with Gasteiger partial charge in [-0.25, -0.2) is 9.97 Å². The number of aliphatic hydroxyl groups is 1. The summed E-state index contributed by atoms with van der Waals surface area (Å²) in [5.41, 5.74) is 2.46. The van der Waals surface area contributed by atoms with E-state index in [1.807, 2.05) is 12.1 Å². The zero-order valence-corrected chi connectivity index (χ0v) is 15.6. The van der Waals surface area contributed by atoms with Crippen LogP contribution in [-0.4, -0.2) is 56.4 Å². The first-order valence-electron chi connectivity index (χ1n) is 9.72. The minimum Gasteiger partial charge on any atom is -0.391 e. The number of aliphatic hydroxyl groups excluding tert-OH is 1. The highest BCUT2D eigenvalue weighted by atomic mass is 16.3. The highest BCUT2D eigenvalue weighted by Gasteiger charge is 2.33. The SMILES string of the molecule is CCCc1cc(C(=O)NC2CC(c3cc(N4CCC(O)C4)ncn3)C2)n[nH]1. The molecule has 1 atom stereocenters. The van der Waals surface area contributed by atoms with Gasteiger partial charge in [-0.1, -0.05) is 13.3 Å². The fraction of sp³-hybridized carbons (Fsp3) is 0.579. The van der Waals surface area contributed by atoms with Crippen LogP contribution in [0.1, 0.15) is 60.4 Å². The molecule has 2 fully saturated rings. The summed E-state index contributed by atoms with van der Waals surface area (Å²) in [5.74, 6) is 1.09. The number of amides is 1. The highest BCUT2D eigenvalue weighted by Crippen LogP contribution is 2.37. The van der Waals surface area contributed by atoms with Gasteiger partial charge in [-0.2, -0.15) is 5.10 Å². The molecular weight excluding hydrogens is 344 g/mol. The standard InChI is InChI=1S/C19H26N6O2/c1-2-3-13-8-17(24-23-13)19(27)22-14-6-12(7-14)16-9-18(21-11-20-16)25-5-4-15(26)10-25/h8-9,11-12,14-15,26H,2-7,10H2,1H3,(H,22,27)(H,23,24). The van der Waals surface area contributed by atoms with Crippen LogP contribution in [-0.2, 0) is 6.42 Å². The molecule has 8 heteroatoms. The van der Waals surface area contributed by atoms with E-state index in [2.05, 4.69) is 37.3 Å². The summed E-state index contributed by atoms with van der Waals surface area (Å²) in [6.45, 7) is 3.55. The second-order valence-electron chi connectivity index (χ2n) is 7.56. The number of nitrogens with one attached hydrogen (secondary N) is 2. The van der Waals surface area contributed by atoms with Crippen LogP contribution >= 0.6 is 0 Å². The number of hydrogen-bond donors (Lipinski definition) is 3. The number of carbonyl (C=O) groups excluding carboxylic acids is 1. The van der Waals surface area contributed by atoms with Crippen molar-refractivity contribution in [3.8, 4) is 0 Å². The second-order valence-corrected chi connectivity index (χ2v) is 7.56. The summed E-state index contributed by atoms with van der Waals surface area (Å²) >= 11 is 0. The van der Waals surface area contributed by atoms with E-state index in [9.17, 15) is 9.90 Å². The van der Waals surface area contributed by atoms with Gasteiger partial charge >= 0.3 is 0 Å². The maximum Gasteiger partial charge on any atom is 0.271 e. The predicted molar refractivity (Wildman–Crippen MR) is 101 cm³/mol. The molecule has 1 aliphatic carbocycles. The third-order valence-electron chi connectivity index (χ3n) is 5.44. The van der Waals surface area contributed by atoms with Crippen molar-refractivity contribution in [2.75, 3.05) is 18.0 Å². The molecule has 0 bridgehead atoms. The summed E-state index contributed by atoms with van der Waals surface area (Å²) in [6.07, 6.45) is 5.77. The van der Waals surface area contributed by atoms with Crippen molar-refractivity contribution in [1.29, 1.82) is 0 Å². The van der Waals surface area contributed by atoms with Gasteiger partial charge in [0.25, 0.3) is 5.91 Å². The van der Waals surface area contributed by atoms with Crippen LogP contribution in [0.15, 0.2) is 18.5 Å². The number of β-amino-alcohol motifs (C(OH)–C–C–N with tert-alkyl or cyclic N) is 1. The summed E-state index contributed by atoms with van der Waals surface area (Å²) < 4.78 is 0. The molecule has 2 aromatic heterocycles. The van der Waals surface area contributed by atoms with Crippen LogP contribution in [0.2, 0.25) is 0 Å². The molecule has 1 saturated carbocycles. The Morgan fingerprint density at radius 2 is 2.22 bits per heavy atom. The van der Waals surface area contributed by atoms with Crippen LogP contribution in [0.5, 0.6) is 0 Å². The summed E-state index contributed by atoms with van der Waals surface area (Å²) in [5, 5.41) is 19.8. The average Bonchev–Trinajstić information content (AvgIpc) is 3.27. The van der Waals surface area contributed by atoms with Gasteiger partial charge in [-0.3, -0.25) is 9.89 Å². The van der Waals surface area contributed by atoms with E-state index in [1.165, 1.54) is 0 Å². The smallest absolute Gasteiger partial charge is 0.271 e. The lowest BCUT2D eigenvalue weighted by Gasteiger charge is -2.35. The van der Waals surface area contributed by atoms with Crippen molar-refractivity contribution in [1.82, 2.24) is 25.5 Å². The number of anilines is 1. The first kappa shape index (κ1) is 17.9. The van der Waals surface area contributed by atoms with Crippen LogP contribution < -0.4 is 10.2 Å². The fourth-order valence-corrected chi connectivity index (χ4v) is 3.82. The van der Waals surface area contributed by atoms with Crippen LogP contribution in [0.4, 0.5) is 5.82 Å². The molecule has 0 radical (unpaired) electrons. The van der Waals surface area contributed by atoms with Crippen molar-refractivity contribution >= 4 is 11.7 Å². The molecule has 3 N–H and O–H groups in total. The third kappa shape index (κ3) is 3.95. The molecule has 0 spiro atoms. The molecule has 1 amide bonds. The Hall–Kier alpha value is -2.48. The normalized spacial score (nSPS) is 24.7. The van der Waals surface area contributed by atoms with E-state index in [-0.39, 0.29) is 18.1 Å². The van der Waals surface area contributed by atoms with Gasteiger partial charge in [-0.15, -0.1) is 0 Å². The van der Waals surface area contributed by atoms with Crippen molar-refractivity contribution in [3.63, 3.8) is 0 Å². The second kappa shape index (κ2) is 7.64. The largest absolute Gasteiger partial charge is 0.391 e. The van der Waals surface area contributed by atoms with Crippen LogP contribution in [0, 0.1) is 0 Å². The zero-order valence-electron chi connectivity index (χ0n) is 15.6. The monoisotopic (exact) mass is 370 g/mol. The summed E-state index contributed by atoms with van der Waals surface area (Å²) in [6, 6.07) is 4.00. The average molecular weight is 370 g/mol. The van der Waals surface area contributed by atoms with E-state index in [1.54, 1.807) is 6.33 Å². The Labute approximate surface area is 158 Å². The van der Waals surface area contributed by atoms with Gasteiger partial charge in [0.1, 0.15) is 17.8 Å². The zero-order chi connectivity index (χ0) is 18.8. The van der Waals surface area contributed by atoms with Gasteiger partial charge in [0.2, 0.25) is 0 Å². The lowest BCUT2D eigenvalue weighted by atomic mass is 9.78. The maximum absolute atomic E-state index is 12.3. The van der Waals surface area contributed by atoms with Crippen LogP contribution in [0.25, 0.3) is 0 Å². The minimum absolute atomic E-state index is 0.119. The van der Waals surface area contributed by atoms with Gasteiger partial charge in [0, 0.05) is 42.5 Å². The lowest BCUT2D eigenvalue weighted by Crippen LogP contribution is -2.43. The number of hydrogen-bond acceptors (Lipinski definition) is 6. The molecule has 1 saturated heterocycles. The van der Waals surface area contributed by atoms with E-state index >= 15 is 0 Å². The van der Waals surface area contributed by atoms with E-state index < -0.39 is 0 Å². The first-order valence-corrected chi connectivity index (χ1v) is 9.72. The topological polar surface area (TPSA) is 107 Å². The first-order chi connectivity index (χ1) is 13.1. The minimum atomic E-state index is -0.272. The molecule has 144 valence electrons. The van der Waals surface area contributed by atoms with Crippen LogP contribution in [0.3, 0.4) is 0 Å². The van der Waals surface area contributed by atoms with Crippen molar-refractivity contribution in [2.24, 2.45) is 0 Å². The summed E-state index contributed by atoms with van der Waals surface area (Å²) in [7, 11) is 0. The van der Waals surface area contributed by atoms with E-state index in [0.29, 0.717) is 18.2 Å². The van der Waals surface area contributed by atoms with Crippen molar-refractivity contribution in [2.45, 2.75) is 57.1 Å². The van der Waals surface area contributed by atoms with Gasteiger partial charge < -0.3 is 15.3 Å². The lowest BCUT2D eigenvalue weighted by molar-refractivity contribution is 0.0903. The van der Waals surface area contributed by atoms with E-state index in [4.69, 9.17) is 0 Å². The molecule has 1 aliphatic heterocycles. The number of aryl methyl sites for hydroxylation is 1. The Morgan fingerprint density at radius 3 is 2.96 bits per heavy atom. The quantitative estimate of drug-likeness (QED) is 0.710. The Balaban J connectivity index is 1.31. The molecule has 1 unspecified atom stereocenters. The number of aromatic nitrogens is 4.